The maximum absolute atomic E-state index is 4.30. The SMILES string of the molecule is Cc1ccc(C(C)c2ncc[nH]2)c(C)c1. The Morgan fingerprint density at radius 1 is 1.27 bits per heavy atom. The Hall–Kier alpha value is -1.57. The van der Waals surface area contributed by atoms with Crippen LogP contribution in [0.15, 0.2) is 30.6 Å². The molecule has 1 atom stereocenters. The number of aryl methyl sites for hydroxylation is 2. The molecule has 2 nitrogen and oxygen atoms in total. The van der Waals surface area contributed by atoms with Crippen molar-refractivity contribution in [1.29, 1.82) is 0 Å². The van der Waals surface area contributed by atoms with Crippen molar-refractivity contribution in [2.45, 2.75) is 26.7 Å². The number of nitrogens with zero attached hydrogens (tertiary/aromatic N) is 1. The maximum Gasteiger partial charge on any atom is 0.113 e. The van der Waals surface area contributed by atoms with Crippen LogP contribution in [0.1, 0.15) is 35.4 Å². The van der Waals surface area contributed by atoms with Gasteiger partial charge in [0.05, 0.1) is 0 Å². The van der Waals surface area contributed by atoms with E-state index in [2.05, 4.69) is 48.9 Å². The summed E-state index contributed by atoms with van der Waals surface area (Å²) in [7, 11) is 0. The molecule has 2 heteroatoms. The number of hydrogen-bond donors (Lipinski definition) is 1. The lowest BCUT2D eigenvalue weighted by atomic mass is 9.94. The molecule has 15 heavy (non-hydrogen) atoms. The predicted octanol–water partition coefficient (Wildman–Crippen LogP) is 3.18. The topological polar surface area (TPSA) is 28.7 Å². The number of nitrogens with one attached hydrogen (secondary N) is 1. The number of aromatic nitrogens is 2. The zero-order valence-electron chi connectivity index (χ0n) is 9.41. The van der Waals surface area contributed by atoms with Crippen LogP contribution in [-0.4, -0.2) is 9.97 Å². The van der Waals surface area contributed by atoms with Crippen LogP contribution in [0.25, 0.3) is 0 Å². The Kier molecular flexibility index (Phi) is 2.58. The smallest absolute Gasteiger partial charge is 0.113 e. The van der Waals surface area contributed by atoms with Crippen LogP contribution < -0.4 is 0 Å². The highest BCUT2D eigenvalue weighted by Crippen LogP contribution is 2.24. The van der Waals surface area contributed by atoms with Gasteiger partial charge in [-0.15, -0.1) is 0 Å². The van der Waals surface area contributed by atoms with Gasteiger partial charge in [-0.25, -0.2) is 4.98 Å². The van der Waals surface area contributed by atoms with Crippen molar-refractivity contribution in [2.24, 2.45) is 0 Å². The minimum Gasteiger partial charge on any atom is -0.348 e. The molecule has 1 aromatic carbocycles. The maximum atomic E-state index is 4.30. The zero-order valence-corrected chi connectivity index (χ0v) is 9.41. The van der Waals surface area contributed by atoms with Crippen LogP contribution in [0.2, 0.25) is 0 Å². The molecule has 2 aromatic rings. The Morgan fingerprint density at radius 2 is 2.07 bits per heavy atom. The molecular weight excluding hydrogens is 184 g/mol. The molecule has 2 rings (SSSR count). The summed E-state index contributed by atoms with van der Waals surface area (Å²) in [5.41, 5.74) is 3.98. The molecule has 0 amide bonds. The molecule has 1 aromatic heterocycles. The average Bonchev–Trinajstić information content (AvgIpc) is 2.69. The van der Waals surface area contributed by atoms with Gasteiger partial charge in [0.25, 0.3) is 0 Å². The van der Waals surface area contributed by atoms with Gasteiger partial charge in [0.15, 0.2) is 0 Å². The first kappa shape index (κ1) is 9.97. The molecule has 1 unspecified atom stereocenters. The van der Waals surface area contributed by atoms with E-state index in [1.165, 1.54) is 16.7 Å². The Morgan fingerprint density at radius 3 is 2.67 bits per heavy atom. The number of hydrogen-bond acceptors (Lipinski definition) is 1. The first-order valence-corrected chi connectivity index (χ1v) is 5.25. The van der Waals surface area contributed by atoms with Gasteiger partial charge in [0.2, 0.25) is 0 Å². The molecule has 1 N–H and O–H groups in total. The third-order valence-electron chi connectivity index (χ3n) is 2.82. The lowest BCUT2D eigenvalue weighted by Crippen LogP contribution is -2.01. The third-order valence-corrected chi connectivity index (χ3v) is 2.82. The van der Waals surface area contributed by atoms with Gasteiger partial charge in [-0.3, -0.25) is 0 Å². The van der Waals surface area contributed by atoms with Gasteiger partial charge in [0, 0.05) is 18.3 Å². The van der Waals surface area contributed by atoms with Gasteiger partial charge in [-0.2, -0.15) is 0 Å². The minimum atomic E-state index is 0.334. The van der Waals surface area contributed by atoms with Crippen molar-refractivity contribution in [3.8, 4) is 0 Å². The van der Waals surface area contributed by atoms with E-state index in [1.807, 2.05) is 6.20 Å². The summed E-state index contributed by atoms with van der Waals surface area (Å²) < 4.78 is 0. The molecular formula is C13H16N2. The fourth-order valence-electron chi connectivity index (χ4n) is 1.97. The van der Waals surface area contributed by atoms with Crippen molar-refractivity contribution < 1.29 is 0 Å². The summed E-state index contributed by atoms with van der Waals surface area (Å²) in [5, 5.41) is 0. The molecule has 1 heterocycles. The van der Waals surface area contributed by atoms with Crippen molar-refractivity contribution in [3.63, 3.8) is 0 Å². The van der Waals surface area contributed by atoms with Gasteiger partial charge in [-0.1, -0.05) is 30.7 Å². The first-order valence-electron chi connectivity index (χ1n) is 5.25. The van der Waals surface area contributed by atoms with Gasteiger partial charge < -0.3 is 4.98 Å². The number of H-pyrrole nitrogens is 1. The molecule has 0 aliphatic rings. The van der Waals surface area contributed by atoms with E-state index in [4.69, 9.17) is 0 Å². The molecule has 78 valence electrons. The van der Waals surface area contributed by atoms with E-state index in [1.54, 1.807) is 6.20 Å². The number of aromatic amines is 1. The molecule has 0 bridgehead atoms. The number of imidazole rings is 1. The average molecular weight is 200 g/mol. The molecule has 0 radical (unpaired) electrons. The van der Waals surface area contributed by atoms with Gasteiger partial charge >= 0.3 is 0 Å². The second kappa shape index (κ2) is 3.89. The fraction of sp³-hybridized carbons (Fsp3) is 0.308. The highest BCUT2D eigenvalue weighted by atomic mass is 14.9. The Balaban J connectivity index is 2.38. The second-order valence-corrected chi connectivity index (χ2v) is 4.06. The lowest BCUT2D eigenvalue weighted by Gasteiger charge is -2.12. The zero-order chi connectivity index (χ0) is 10.8. The summed E-state index contributed by atoms with van der Waals surface area (Å²) in [6.45, 7) is 6.45. The van der Waals surface area contributed by atoms with E-state index in [0.29, 0.717) is 5.92 Å². The quantitative estimate of drug-likeness (QED) is 0.792. The summed E-state index contributed by atoms with van der Waals surface area (Å²) >= 11 is 0. The van der Waals surface area contributed by atoms with E-state index < -0.39 is 0 Å². The van der Waals surface area contributed by atoms with Gasteiger partial charge in [0.1, 0.15) is 5.82 Å². The minimum absolute atomic E-state index is 0.334. The van der Waals surface area contributed by atoms with E-state index in [-0.39, 0.29) is 0 Å². The summed E-state index contributed by atoms with van der Waals surface area (Å²) in [4.78, 5) is 7.47. The molecule has 0 spiro atoms. The van der Waals surface area contributed by atoms with E-state index in [9.17, 15) is 0 Å². The van der Waals surface area contributed by atoms with E-state index in [0.717, 1.165) is 5.82 Å². The molecule has 0 fully saturated rings. The third kappa shape index (κ3) is 1.94. The highest BCUT2D eigenvalue weighted by molar-refractivity contribution is 5.35. The van der Waals surface area contributed by atoms with Gasteiger partial charge in [-0.05, 0) is 25.0 Å². The predicted molar refractivity (Wildman–Crippen MR) is 62.0 cm³/mol. The second-order valence-electron chi connectivity index (χ2n) is 4.06. The summed E-state index contributed by atoms with van der Waals surface area (Å²) in [6, 6.07) is 6.56. The van der Waals surface area contributed by atoms with Crippen LogP contribution in [0.5, 0.6) is 0 Å². The fourth-order valence-corrected chi connectivity index (χ4v) is 1.97. The monoisotopic (exact) mass is 200 g/mol. The Bertz CT molecular complexity index is 444. The summed E-state index contributed by atoms with van der Waals surface area (Å²) in [6.07, 6.45) is 3.67. The summed E-state index contributed by atoms with van der Waals surface area (Å²) in [5.74, 6) is 1.36. The van der Waals surface area contributed by atoms with Crippen LogP contribution in [0.4, 0.5) is 0 Å². The first-order chi connectivity index (χ1) is 7.18. The van der Waals surface area contributed by atoms with Crippen molar-refractivity contribution in [2.75, 3.05) is 0 Å². The Labute approximate surface area is 90.4 Å². The van der Waals surface area contributed by atoms with Crippen LogP contribution in [-0.2, 0) is 0 Å². The molecule has 0 saturated carbocycles. The normalized spacial score (nSPS) is 12.7. The van der Waals surface area contributed by atoms with Crippen molar-refractivity contribution >= 4 is 0 Å². The van der Waals surface area contributed by atoms with Crippen molar-refractivity contribution in [1.82, 2.24) is 9.97 Å². The molecule has 0 aliphatic heterocycles. The molecule has 0 saturated heterocycles. The molecule has 0 aliphatic carbocycles. The number of benzene rings is 1. The van der Waals surface area contributed by atoms with Crippen LogP contribution in [0, 0.1) is 13.8 Å². The number of rotatable bonds is 2. The lowest BCUT2D eigenvalue weighted by molar-refractivity contribution is 0.831. The van der Waals surface area contributed by atoms with Crippen LogP contribution in [0.3, 0.4) is 0 Å². The van der Waals surface area contributed by atoms with E-state index >= 15 is 0 Å². The standard InChI is InChI=1S/C13H16N2/c1-9-4-5-12(10(2)8-9)11(3)13-14-6-7-15-13/h4-8,11H,1-3H3,(H,14,15). The van der Waals surface area contributed by atoms with Crippen LogP contribution >= 0.6 is 0 Å². The van der Waals surface area contributed by atoms with Crippen molar-refractivity contribution in [3.05, 3.63) is 53.1 Å². The largest absolute Gasteiger partial charge is 0.348 e. The highest BCUT2D eigenvalue weighted by Gasteiger charge is 2.12.